The number of rotatable bonds is 3. The third kappa shape index (κ3) is 2.62. The van der Waals surface area contributed by atoms with Crippen LogP contribution in [0.4, 0.5) is 4.39 Å². The molecule has 3 rings (SSSR count). The van der Waals surface area contributed by atoms with Crippen molar-refractivity contribution >= 4 is 23.4 Å². The summed E-state index contributed by atoms with van der Waals surface area (Å²) < 4.78 is 13.5. The molecular weight excluding hydrogens is 295 g/mol. The summed E-state index contributed by atoms with van der Waals surface area (Å²) >= 11 is 5.94. The second-order valence-electron chi connectivity index (χ2n) is 5.68. The number of piperazine rings is 1. The number of hydrogen-bond donors (Lipinski definition) is 1. The van der Waals surface area contributed by atoms with Gasteiger partial charge in [0.15, 0.2) is 0 Å². The molecule has 1 aliphatic carbocycles. The van der Waals surface area contributed by atoms with Crippen LogP contribution in [0.3, 0.4) is 0 Å². The van der Waals surface area contributed by atoms with Crippen molar-refractivity contribution in [3.8, 4) is 0 Å². The Balaban J connectivity index is 1.86. The van der Waals surface area contributed by atoms with Crippen molar-refractivity contribution in [2.75, 3.05) is 0 Å². The van der Waals surface area contributed by atoms with Gasteiger partial charge in [-0.1, -0.05) is 23.7 Å². The molecule has 0 spiro atoms. The molecule has 0 radical (unpaired) electrons. The number of amides is 2. The van der Waals surface area contributed by atoms with Crippen LogP contribution in [0.25, 0.3) is 0 Å². The summed E-state index contributed by atoms with van der Waals surface area (Å²) in [5.74, 6) is -0.558. The molecule has 1 aromatic rings. The number of carbonyl (C=O) groups excluding carboxylic acids is 2. The van der Waals surface area contributed by atoms with Crippen molar-refractivity contribution in [2.45, 2.75) is 38.4 Å². The van der Waals surface area contributed by atoms with Crippen molar-refractivity contribution in [2.24, 2.45) is 5.92 Å². The van der Waals surface area contributed by atoms with E-state index in [0.717, 1.165) is 12.8 Å². The van der Waals surface area contributed by atoms with Crippen molar-refractivity contribution in [3.63, 3.8) is 0 Å². The number of halogens is 2. The summed E-state index contributed by atoms with van der Waals surface area (Å²) in [4.78, 5) is 26.0. The Labute approximate surface area is 127 Å². The lowest BCUT2D eigenvalue weighted by molar-refractivity contribution is -0.149. The van der Waals surface area contributed by atoms with E-state index in [1.165, 1.54) is 11.0 Å². The van der Waals surface area contributed by atoms with Gasteiger partial charge in [-0.25, -0.2) is 4.39 Å². The van der Waals surface area contributed by atoms with E-state index < -0.39 is 17.9 Å². The molecule has 1 saturated heterocycles. The highest BCUT2D eigenvalue weighted by Gasteiger charge is 2.45. The monoisotopic (exact) mass is 310 g/mol. The van der Waals surface area contributed by atoms with Gasteiger partial charge in [-0.2, -0.15) is 0 Å². The van der Waals surface area contributed by atoms with Crippen LogP contribution in [0.2, 0.25) is 5.02 Å². The lowest BCUT2D eigenvalue weighted by Gasteiger charge is -2.37. The molecule has 6 heteroatoms. The zero-order valence-corrected chi connectivity index (χ0v) is 12.4. The quantitative estimate of drug-likeness (QED) is 0.929. The Kier molecular flexibility index (Phi) is 3.61. The average Bonchev–Trinajstić information content (AvgIpc) is 3.28. The summed E-state index contributed by atoms with van der Waals surface area (Å²) in [6.45, 7) is 1.82. The lowest BCUT2D eigenvalue weighted by atomic mass is 10.0. The van der Waals surface area contributed by atoms with Crippen LogP contribution in [0.15, 0.2) is 18.2 Å². The van der Waals surface area contributed by atoms with Crippen LogP contribution >= 0.6 is 11.6 Å². The molecule has 1 saturated carbocycles. The molecule has 4 nitrogen and oxygen atoms in total. The van der Waals surface area contributed by atoms with Gasteiger partial charge in [-0.15, -0.1) is 0 Å². The number of benzene rings is 1. The third-order valence-corrected chi connectivity index (χ3v) is 4.58. The van der Waals surface area contributed by atoms with Crippen molar-refractivity contribution in [1.82, 2.24) is 10.2 Å². The Morgan fingerprint density at radius 1 is 1.38 bits per heavy atom. The molecule has 112 valence electrons. The van der Waals surface area contributed by atoms with Crippen LogP contribution in [0.5, 0.6) is 0 Å². The highest BCUT2D eigenvalue weighted by Crippen LogP contribution is 2.35. The van der Waals surface area contributed by atoms with Gasteiger partial charge >= 0.3 is 0 Å². The first-order valence-corrected chi connectivity index (χ1v) is 7.40. The zero-order chi connectivity index (χ0) is 15.1. The number of nitrogens with zero attached hydrogens (tertiary/aromatic N) is 1. The lowest BCUT2D eigenvalue weighted by Crippen LogP contribution is -2.62. The van der Waals surface area contributed by atoms with Crippen molar-refractivity contribution in [1.29, 1.82) is 0 Å². The molecule has 2 atom stereocenters. The van der Waals surface area contributed by atoms with Gasteiger partial charge in [0, 0.05) is 6.54 Å². The fourth-order valence-electron chi connectivity index (χ4n) is 2.66. The van der Waals surface area contributed by atoms with Crippen LogP contribution in [-0.4, -0.2) is 28.8 Å². The van der Waals surface area contributed by atoms with Gasteiger partial charge in [0.05, 0.1) is 5.02 Å². The molecule has 1 aliphatic heterocycles. The standard InChI is InChI=1S/C15H16ClFN2O2/c1-8-14(20)18-13(9-5-6-9)15(21)19(8)7-10-3-2-4-11(17)12(10)16/h2-4,8-9,13H,5-7H2,1H3,(H,18,20). The molecule has 2 unspecified atom stereocenters. The largest absolute Gasteiger partial charge is 0.342 e. The number of hydrogen-bond acceptors (Lipinski definition) is 2. The van der Waals surface area contributed by atoms with Crippen LogP contribution in [0, 0.1) is 11.7 Å². The normalized spacial score (nSPS) is 26.0. The van der Waals surface area contributed by atoms with Gasteiger partial charge in [0.2, 0.25) is 11.8 Å². The predicted molar refractivity (Wildman–Crippen MR) is 76.1 cm³/mol. The Bertz CT molecular complexity index is 603. The maximum Gasteiger partial charge on any atom is 0.246 e. The van der Waals surface area contributed by atoms with Gasteiger partial charge in [0.25, 0.3) is 0 Å². The molecule has 1 N–H and O–H groups in total. The van der Waals surface area contributed by atoms with Crippen LogP contribution in [-0.2, 0) is 16.1 Å². The summed E-state index contributed by atoms with van der Waals surface area (Å²) in [6, 6.07) is 3.47. The summed E-state index contributed by atoms with van der Waals surface area (Å²) in [5, 5.41) is 2.79. The van der Waals surface area contributed by atoms with Gasteiger partial charge in [0.1, 0.15) is 17.9 Å². The molecule has 1 aromatic carbocycles. The molecule has 2 amide bonds. The first-order valence-electron chi connectivity index (χ1n) is 7.03. The number of nitrogens with one attached hydrogen (secondary N) is 1. The molecular formula is C15H16ClFN2O2. The van der Waals surface area contributed by atoms with E-state index in [9.17, 15) is 14.0 Å². The minimum absolute atomic E-state index is 0.00598. The van der Waals surface area contributed by atoms with E-state index >= 15 is 0 Å². The minimum atomic E-state index is -0.577. The maximum absolute atomic E-state index is 13.5. The van der Waals surface area contributed by atoms with Crippen LogP contribution in [0.1, 0.15) is 25.3 Å². The molecule has 2 fully saturated rings. The highest BCUT2D eigenvalue weighted by atomic mass is 35.5. The van der Waals surface area contributed by atoms with Gasteiger partial charge in [-0.05, 0) is 37.3 Å². The molecule has 0 bridgehead atoms. The fraction of sp³-hybridized carbons (Fsp3) is 0.467. The van der Waals surface area contributed by atoms with E-state index in [2.05, 4.69) is 5.32 Å². The van der Waals surface area contributed by atoms with E-state index in [0.29, 0.717) is 5.56 Å². The van der Waals surface area contributed by atoms with Crippen molar-refractivity contribution < 1.29 is 14.0 Å². The van der Waals surface area contributed by atoms with Crippen LogP contribution < -0.4 is 5.32 Å². The van der Waals surface area contributed by atoms with E-state index in [1.54, 1.807) is 19.1 Å². The maximum atomic E-state index is 13.5. The van der Waals surface area contributed by atoms with E-state index in [4.69, 9.17) is 11.6 Å². The van der Waals surface area contributed by atoms with Gasteiger partial charge in [-0.3, -0.25) is 9.59 Å². The summed E-state index contributed by atoms with van der Waals surface area (Å²) in [6.07, 6.45) is 1.92. The molecule has 1 heterocycles. The first-order chi connectivity index (χ1) is 9.99. The zero-order valence-electron chi connectivity index (χ0n) is 11.6. The van der Waals surface area contributed by atoms with Crippen molar-refractivity contribution in [3.05, 3.63) is 34.6 Å². The Morgan fingerprint density at radius 3 is 2.76 bits per heavy atom. The molecule has 2 aliphatic rings. The minimum Gasteiger partial charge on any atom is -0.342 e. The second kappa shape index (κ2) is 5.30. The SMILES string of the molecule is CC1C(=O)NC(C2CC2)C(=O)N1Cc1cccc(F)c1Cl. The van der Waals surface area contributed by atoms with E-state index in [1.807, 2.05) is 0 Å². The summed E-state index contributed by atoms with van der Waals surface area (Å²) in [5.41, 5.74) is 0.515. The topological polar surface area (TPSA) is 49.4 Å². The third-order valence-electron chi connectivity index (χ3n) is 4.16. The smallest absolute Gasteiger partial charge is 0.246 e. The number of carbonyl (C=O) groups is 2. The summed E-state index contributed by atoms with van der Waals surface area (Å²) in [7, 11) is 0. The second-order valence-corrected chi connectivity index (χ2v) is 6.06. The molecule has 0 aromatic heterocycles. The first kappa shape index (κ1) is 14.3. The fourth-order valence-corrected chi connectivity index (χ4v) is 2.85. The predicted octanol–water partition coefficient (Wildman–Crippen LogP) is 2.10. The van der Waals surface area contributed by atoms with E-state index in [-0.39, 0.29) is 29.3 Å². The molecule has 21 heavy (non-hydrogen) atoms. The highest BCUT2D eigenvalue weighted by molar-refractivity contribution is 6.31. The Hall–Kier alpha value is -1.62. The Morgan fingerprint density at radius 2 is 2.10 bits per heavy atom. The van der Waals surface area contributed by atoms with Gasteiger partial charge < -0.3 is 10.2 Å². The average molecular weight is 311 g/mol.